The molecule has 3 nitrogen and oxygen atoms in total. The van der Waals surface area contributed by atoms with E-state index in [0.717, 1.165) is 32.2 Å². The van der Waals surface area contributed by atoms with Crippen molar-refractivity contribution in [2.45, 2.75) is 6.92 Å². The fourth-order valence-electron chi connectivity index (χ4n) is 2.98. The number of carbonyl (C=O) groups excluding carboxylic acids is 1. The van der Waals surface area contributed by atoms with Crippen LogP contribution in [0.1, 0.15) is 15.9 Å². The van der Waals surface area contributed by atoms with Gasteiger partial charge < -0.3 is 4.74 Å². The van der Waals surface area contributed by atoms with Gasteiger partial charge in [-0.05, 0) is 42.8 Å². The molecule has 4 rings (SSSR count). The van der Waals surface area contributed by atoms with Crippen LogP contribution >= 0.6 is 15.9 Å². The van der Waals surface area contributed by atoms with E-state index < -0.39 is 5.97 Å². The monoisotopic (exact) mass is 417 g/mol. The van der Waals surface area contributed by atoms with Crippen LogP contribution in [0.15, 0.2) is 83.3 Å². The molecule has 0 amide bonds. The summed E-state index contributed by atoms with van der Waals surface area (Å²) < 4.78 is 6.58. The number of ether oxygens (including phenoxy) is 1. The average molecular weight is 418 g/mol. The third-order valence-corrected chi connectivity index (χ3v) is 4.88. The zero-order valence-electron chi connectivity index (χ0n) is 14.6. The van der Waals surface area contributed by atoms with Gasteiger partial charge in [0.15, 0.2) is 0 Å². The van der Waals surface area contributed by atoms with Gasteiger partial charge in [-0.1, -0.05) is 64.5 Å². The predicted octanol–water partition coefficient (Wildman–Crippen LogP) is 6.19. The van der Waals surface area contributed by atoms with Crippen LogP contribution in [-0.4, -0.2) is 11.0 Å². The van der Waals surface area contributed by atoms with E-state index in [1.165, 1.54) is 0 Å². The normalized spacial score (nSPS) is 10.7. The van der Waals surface area contributed by atoms with E-state index in [1.54, 1.807) is 18.2 Å². The number of rotatable bonds is 3. The topological polar surface area (TPSA) is 39.2 Å². The van der Waals surface area contributed by atoms with E-state index in [-0.39, 0.29) is 0 Å². The molecule has 0 saturated carbocycles. The van der Waals surface area contributed by atoms with Crippen LogP contribution in [0.3, 0.4) is 0 Å². The SMILES string of the molecule is Cc1cccc2c(C(=O)Oc3ccccc3)cc(-c3ccc(Br)cc3)nc12. The van der Waals surface area contributed by atoms with Crippen molar-refractivity contribution in [2.75, 3.05) is 0 Å². The number of aryl methyl sites for hydroxylation is 1. The van der Waals surface area contributed by atoms with Crippen LogP contribution in [0, 0.1) is 6.92 Å². The average Bonchev–Trinajstić information content (AvgIpc) is 2.69. The van der Waals surface area contributed by atoms with Gasteiger partial charge in [-0.25, -0.2) is 9.78 Å². The van der Waals surface area contributed by atoms with E-state index in [9.17, 15) is 4.79 Å². The summed E-state index contributed by atoms with van der Waals surface area (Å²) in [5, 5.41) is 0.789. The van der Waals surface area contributed by atoms with Gasteiger partial charge in [-0.2, -0.15) is 0 Å². The Hall–Kier alpha value is -2.98. The third-order valence-electron chi connectivity index (χ3n) is 4.35. The zero-order valence-corrected chi connectivity index (χ0v) is 16.2. The maximum absolute atomic E-state index is 12.9. The molecule has 0 spiro atoms. The maximum atomic E-state index is 12.9. The highest BCUT2D eigenvalue weighted by molar-refractivity contribution is 9.10. The molecule has 1 heterocycles. The van der Waals surface area contributed by atoms with Gasteiger partial charge in [0.2, 0.25) is 0 Å². The highest BCUT2D eigenvalue weighted by Gasteiger charge is 2.17. The number of hydrogen-bond acceptors (Lipinski definition) is 3. The smallest absolute Gasteiger partial charge is 0.344 e. The number of para-hydroxylation sites is 2. The summed E-state index contributed by atoms with van der Waals surface area (Å²) in [6.07, 6.45) is 0. The number of pyridine rings is 1. The van der Waals surface area contributed by atoms with Gasteiger partial charge in [0.25, 0.3) is 0 Å². The van der Waals surface area contributed by atoms with Gasteiger partial charge in [-0.15, -0.1) is 0 Å². The number of esters is 1. The van der Waals surface area contributed by atoms with Crippen molar-refractivity contribution in [3.05, 3.63) is 94.5 Å². The molecule has 0 unspecified atom stereocenters. The number of halogens is 1. The molecule has 1 aromatic heterocycles. The van der Waals surface area contributed by atoms with Crippen molar-refractivity contribution < 1.29 is 9.53 Å². The molecule has 0 N–H and O–H groups in total. The lowest BCUT2D eigenvalue weighted by atomic mass is 10.0. The Kier molecular flexibility index (Phi) is 4.73. The molecule has 0 aliphatic carbocycles. The maximum Gasteiger partial charge on any atom is 0.344 e. The molecule has 4 heteroatoms. The van der Waals surface area contributed by atoms with Crippen molar-refractivity contribution in [3.8, 4) is 17.0 Å². The Morgan fingerprint density at radius 2 is 1.67 bits per heavy atom. The van der Waals surface area contributed by atoms with Crippen molar-refractivity contribution in [1.82, 2.24) is 4.98 Å². The molecule has 0 saturated heterocycles. The first-order valence-corrected chi connectivity index (χ1v) is 9.34. The highest BCUT2D eigenvalue weighted by Crippen LogP contribution is 2.28. The Morgan fingerprint density at radius 3 is 2.41 bits per heavy atom. The largest absolute Gasteiger partial charge is 0.423 e. The summed E-state index contributed by atoms with van der Waals surface area (Å²) in [5.41, 5.74) is 4.00. The number of aromatic nitrogens is 1. The van der Waals surface area contributed by atoms with Crippen molar-refractivity contribution in [3.63, 3.8) is 0 Å². The van der Waals surface area contributed by atoms with Gasteiger partial charge >= 0.3 is 5.97 Å². The number of benzene rings is 3. The number of hydrogen-bond donors (Lipinski definition) is 0. The Balaban J connectivity index is 1.86. The predicted molar refractivity (Wildman–Crippen MR) is 111 cm³/mol. The molecule has 132 valence electrons. The van der Waals surface area contributed by atoms with Crippen LogP contribution in [0.4, 0.5) is 0 Å². The molecule has 0 bridgehead atoms. The number of nitrogens with zero attached hydrogens (tertiary/aromatic N) is 1. The van der Waals surface area contributed by atoms with Gasteiger partial charge in [0, 0.05) is 15.4 Å². The summed E-state index contributed by atoms with van der Waals surface area (Å²) >= 11 is 3.45. The third kappa shape index (κ3) is 3.62. The van der Waals surface area contributed by atoms with Gasteiger partial charge in [0.1, 0.15) is 5.75 Å². The molecule has 27 heavy (non-hydrogen) atoms. The summed E-state index contributed by atoms with van der Waals surface area (Å²) in [5.74, 6) is 0.128. The molecule has 0 aliphatic rings. The molecule has 0 aliphatic heterocycles. The molecule has 3 aromatic carbocycles. The zero-order chi connectivity index (χ0) is 18.8. The van der Waals surface area contributed by atoms with Crippen LogP contribution in [0.2, 0.25) is 0 Å². The van der Waals surface area contributed by atoms with Gasteiger partial charge in [0.05, 0.1) is 16.8 Å². The molecule has 0 atom stereocenters. The van der Waals surface area contributed by atoms with Crippen LogP contribution in [0.25, 0.3) is 22.2 Å². The second-order valence-electron chi connectivity index (χ2n) is 6.24. The molecule has 4 aromatic rings. The van der Waals surface area contributed by atoms with Crippen molar-refractivity contribution >= 4 is 32.8 Å². The summed E-state index contributed by atoms with van der Waals surface area (Å²) in [7, 11) is 0. The second kappa shape index (κ2) is 7.33. The van der Waals surface area contributed by atoms with Gasteiger partial charge in [-0.3, -0.25) is 0 Å². The minimum absolute atomic E-state index is 0.391. The Labute approximate surface area is 165 Å². The molecular weight excluding hydrogens is 402 g/mol. The molecule has 0 fully saturated rings. The van der Waals surface area contributed by atoms with E-state index in [4.69, 9.17) is 9.72 Å². The first-order valence-electron chi connectivity index (χ1n) is 8.55. The summed E-state index contributed by atoms with van der Waals surface area (Å²) in [4.78, 5) is 17.7. The lowest BCUT2D eigenvalue weighted by molar-refractivity contribution is 0.0737. The van der Waals surface area contributed by atoms with Crippen LogP contribution in [0.5, 0.6) is 5.75 Å². The van der Waals surface area contributed by atoms with Crippen LogP contribution in [-0.2, 0) is 0 Å². The summed E-state index contributed by atoms with van der Waals surface area (Å²) in [6, 6.07) is 24.6. The van der Waals surface area contributed by atoms with E-state index in [1.807, 2.05) is 67.6 Å². The minimum Gasteiger partial charge on any atom is -0.423 e. The fourth-order valence-corrected chi connectivity index (χ4v) is 3.24. The Bertz CT molecular complexity index is 1120. The van der Waals surface area contributed by atoms with Crippen LogP contribution < -0.4 is 4.74 Å². The highest BCUT2D eigenvalue weighted by atomic mass is 79.9. The quantitative estimate of drug-likeness (QED) is 0.294. The first-order chi connectivity index (χ1) is 13.1. The standard InChI is InChI=1S/C23H16BrNO2/c1-15-6-5-9-19-20(23(26)27-18-7-3-2-4-8-18)14-21(25-22(15)19)16-10-12-17(24)13-11-16/h2-14H,1H3. The Morgan fingerprint density at radius 1 is 0.926 bits per heavy atom. The van der Waals surface area contributed by atoms with Crippen molar-refractivity contribution in [1.29, 1.82) is 0 Å². The number of fused-ring (bicyclic) bond motifs is 1. The van der Waals surface area contributed by atoms with Crippen molar-refractivity contribution in [2.24, 2.45) is 0 Å². The number of carbonyl (C=O) groups is 1. The molecule has 0 radical (unpaired) electrons. The van der Waals surface area contributed by atoms with E-state index >= 15 is 0 Å². The minimum atomic E-state index is -0.391. The fraction of sp³-hybridized carbons (Fsp3) is 0.0435. The first kappa shape index (κ1) is 17.4. The second-order valence-corrected chi connectivity index (χ2v) is 7.15. The molecular formula is C23H16BrNO2. The lowest BCUT2D eigenvalue weighted by Crippen LogP contribution is -2.10. The van der Waals surface area contributed by atoms with E-state index in [0.29, 0.717) is 11.3 Å². The van der Waals surface area contributed by atoms with E-state index in [2.05, 4.69) is 15.9 Å². The summed E-state index contributed by atoms with van der Waals surface area (Å²) in [6.45, 7) is 1.99. The lowest BCUT2D eigenvalue weighted by Gasteiger charge is -2.11.